The number of ether oxygens (including phenoxy) is 1. The second-order valence-corrected chi connectivity index (χ2v) is 2.81. The van der Waals surface area contributed by atoms with E-state index in [4.69, 9.17) is 0 Å². The first-order chi connectivity index (χ1) is 6.20. The van der Waals surface area contributed by atoms with Gasteiger partial charge in [0.05, 0.1) is 6.61 Å². The van der Waals surface area contributed by atoms with Crippen LogP contribution in [0.3, 0.4) is 0 Å². The molecule has 0 aliphatic heterocycles. The number of hydrogen-bond acceptors (Lipinski definition) is 4. The Morgan fingerprint density at radius 2 is 2.54 bits per heavy atom. The Morgan fingerprint density at radius 3 is 3.08 bits per heavy atom. The number of halogens is 1. The van der Waals surface area contributed by atoms with E-state index in [1.165, 1.54) is 6.20 Å². The molecule has 13 heavy (non-hydrogen) atoms. The minimum Gasteiger partial charge on any atom is -0.460 e. The van der Waals surface area contributed by atoms with Gasteiger partial charge >= 0.3 is 5.97 Å². The lowest BCUT2D eigenvalue weighted by Crippen LogP contribution is -2.10. The zero-order chi connectivity index (χ0) is 9.84. The summed E-state index contributed by atoms with van der Waals surface area (Å²) in [6.45, 7) is 3.59. The first-order valence-electron chi connectivity index (χ1n) is 3.71. The molecule has 1 aromatic heterocycles. The van der Waals surface area contributed by atoms with Crippen molar-refractivity contribution in [2.24, 2.45) is 0 Å². The third kappa shape index (κ3) is 2.00. The Bertz CT molecular complexity index is 313. The van der Waals surface area contributed by atoms with Crippen molar-refractivity contribution in [1.82, 2.24) is 8.96 Å². The molecule has 0 aliphatic carbocycles. The quantitative estimate of drug-likeness (QED) is 0.703. The predicted molar refractivity (Wildman–Crippen MR) is 47.0 cm³/mol. The topological polar surface area (TPSA) is 44.1 Å². The predicted octanol–water partition coefficient (Wildman–Crippen LogP) is 1.75. The van der Waals surface area contributed by atoms with Crippen LogP contribution in [0, 0.1) is 6.92 Å². The van der Waals surface area contributed by atoms with Gasteiger partial charge in [0.2, 0.25) is 5.82 Å². The second-order valence-electron chi connectivity index (χ2n) is 2.31. The summed E-state index contributed by atoms with van der Waals surface area (Å²) in [5.41, 5.74) is 0.565. The maximum absolute atomic E-state index is 12.3. The molecule has 1 rings (SSSR count). The van der Waals surface area contributed by atoms with Crippen LogP contribution < -0.4 is 0 Å². The summed E-state index contributed by atoms with van der Waals surface area (Å²) in [4.78, 5) is 14.9. The van der Waals surface area contributed by atoms with Crippen LogP contribution in [0.2, 0.25) is 0 Å². The molecule has 72 valence electrons. The van der Waals surface area contributed by atoms with Gasteiger partial charge in [0, 0.05) is 11.9 Å². The van der Waals surface area contributed by atoms with Crippen LogP contribution >= 0.6 is 12.3 Å². The Morgan fingerprint density at radius 1 is 1.85 bits per heavy atom. The molecule has 0 radical (unpaired) electrons. The molecule has 0 atom stereocenters. The highest BCUT2D eigenvalue weighted by molar-refractivity contribution is 7.92. The van der Waals surface area contributed by atoms with Gasteiger partial charge in [-0.3, -0.25) is 0 Å². The van der Waals surface area contributed by atoms with E-state index in [0.29, 0.717) is 5.69 Å². The van der Waals surface area contributed by atoms with Crippen LogP contribution in [-0.4, -0.2) is 21.5 Å². The molecule has 0 saturated heterocycles. The van der Waals surface area contributed by atoms with Crippen molar-refractivity contribution in [3.8, 4) is 0 Å². The average Bonchev–Trinajstić information content (AvgIpc) is 2.47. The van der Waals surface area contributed by atoms with Crippen molar-refractivity contribution in [3.63, 3.8) is 0 Å². The van der Waals surface area contributed by atoms with E-state index in [0.717, 1.165) is 3.97 Å². The van der Waals surface area contributed by atoms with Crippen molar-refractivity contribution < 1.29 is 13.4 Å². The number of imidazole rings is 1. The van der Waals surface area contributed by atoms with Crippen LogP contribution in [0.4, 0.5) is 3.89 Å². The van der Waals surface area contributed by atoms with Crippen LogP contribution in [0.1, 0.15) is 23.2 Å². The molecule has 0 N–H and O–H groups in total. The molecule has 1 heterocycles. The maximum atomic E-state index is 12.3. The van der Waals surface area contributed by atoms with Crippen LogP contribution in [0.5, 0.6) is 0 Å². The van der Waals surface area contributed by atoms with Crippen molar-refractivity contribution >= 4 is 18.3 Å². The molecule has 0 fully saturated rings. The smallest absolute Gasteiger partial charge is 0.375 e. The molecular formula is C7H9FN2O2S. The van der Waals surface area contributed by atoms with E-state index in [1.54, 1.807) is 13.8 Å². The van der Waals surface area contributed by atoms with Crippen LogP contribution in [0.15, 0.2) is 6.20 Å². The van der Waals surface area contributed by atoms with Gasteiger partial charge in [0.15, 0.2) is 12.3 Å². The van der Waals surface area contributed by atoms with Crippen molar-refractivity contribution in [3.05, 3.63) is 17.7 Å². The van der Waals surface area contributed by atoms with E-state index in [1.807, 2.05) is 0 Å². The molecule has 1 aromatic rings. The molecule has 4 nitrogen and oxygen atoms in total. The summed E-state index contributed by atoms with van der Waals surface area (Å²) in [7, 11) is 0. The van der Waals surface area contributed by atoms with Crippen molar-refractivity contribution in [2.45, 2.75) is 13.8 Å². The van der Waals surface area contributed by atoms with E-state index >= 15 is 0 Å². The first kappa shape index (κ1) is 10.0. The van der Waals surface area contributed by atoms with Gasteiger partial charge in [-0.05, 0) is 13.8 Å². The van der Waals surface area contributed by atoms with Gasteiger partial charge in [-0.2, -0.15) is 0 Å². The third-order valence-electron chi connectivity index (χ3n) is 1.41. The fourth-order valence-electron chi connectivity index (χ4n) is 0.845. The summed E-state index contributed by atoms with van der Waals surface area (Å²) < 4.78 is 18.1. The number of aromatic nitrogens is 2. The molecule has 0 aromatic carbocycles. The van der Waals surface area contributed by atoms with E-state index in [-0.39, 0.29) is 24.8 Å². The van der Waals surface area contributed by atoms with Crippen LogP contribution in [0.25, 0.3) is 0 Å². The highest BCUT2D eigenvalue weighted by Gasteiger charge is 2.16. The highest BCUT2D eigenvalue weighted by Crippen LogP contribution is 2.15. The summed E-state index contributed by atoms with van der Waals surface area (Å²) >= 11 is -0.0638. The Hall–Kier alpha value is -1.04. The fourth-order valence-corrected chi connectivity index (χ4v) is 1.19. The summed E-state index contributed by atoms with van der Waals surface area (Å²) in [6, 6.07) is 0. The molecule has 0 aliphatic rings. The minimum atomic E-state index is -0.610. The number of hydrogen-bond donors (Lipinski definition) is 0. The lowest BCUT2D eigenvalue weighted by atomic mass is 10.6. The van der Waals surface area contributed by atoms with Gasteiger partial charge in [0.25, 0.3) is 0 Å². The average molecular weight is 204 g/mol. The number of rotatable bonds is 3. The number of carbonyl (C=O) groups excluding carboxylic acids is 1. The van der Waals surface area contributed by atoms with Gasteiger partial charge in [-0.1, -0.05) is 0 Å². The van der Waals surface area contributed by atoms with Crippen LogP contribution in [-0.2, 0) is 4.74 Å². The summed E-state index contributed by atoms with van der Waals surface area (Å²) in [5.74, 6) is -0.632. The van der Waals surface area contributed by atoms with E-state index in [9.17, 15) is 8.68 Å². The SMILES string of the molecule is CCOC(=O)c1ncc(C)n1SF. The largest absolute Gasteiger partial charge is 0.460 e. The van der Waals surface area contributed by atoms with Gasteiger partial charge < -0.3 is 4.74 Å². The third-order valence-corrected chi connectivity index (χ3v) is 2.01. The minimum absolute atomic E-state index is 0.0214. The summed E-state index contributed by atoms with van der Waals surface area (Å²) in [5, 5.41) is 0. The standard InChI is InChI=1S/C7H9FN2O2S/c1-3-12-7(11)6-9-4-5(2)10(6)13-8/h4H,3H2,1-2H3. The molecular weight excluding hydrogens is 195 g/mol. The highest BCUT2D eigenvalue weighted by atomic mass is 32.2. The van der Waals surface area contributed by atoms with Gasteiger partial charge in [0.1, 0.15) is 0 Å². The normalized spacial score (nSPS) is 10.1. The fraction of sp³-hybridized carbons (Fsp3) is 0.429. The molecule has 0 saturated carbocycles. The molecule has 0 bridgehead atoms. The Kier molecular flexibility index (Phi) is 3.30. The van der Waals surface area contributed by atoms with E-state index in [2.05, 4.69) is 9.72 Å². The second kappa shape index (κ2) is 4.27. The Labute approximate surface area is 79.5 Å². The monoisotopic (exact) mass is 204 g/mol. The number of nitrogens with zero attached hydrogens (tertiary/aromatic N) is 2. The summed E-state index contributed by atoms with van der Waals surface area (Å²) in [6.07, 6.45) is 1.42. The van der Waals surface area contributed by atoms with Gasteiger partial charge in [-0.15, -0.1) is 3.89 Å². The number of esters is 1. The maximum Gasteiger partial charge on any atom is 0.375 e. The van der Waals surface area contributed by atoms with Crippen molar-refractivity contribution in [2.75, 3.05) is 6.61 Å². The van der Waals surface area contributed by atoms with Crippen molar-refractivity contribution in [1.29, 1.82) is 0 Å². The zero-order valence-corrected chi connectivity index (χ0v) is 8.10. The number of carbonyl (C=O) groups is 1. The first-order valence-corrected chi connectivity index (χ1v) is 4.38. The lowest BCUT2D eigenvalue weighted by molar-refractivity contribution is 0.0511. The van der Waals surface area contributed by atoms with Gasteiger partial charge in [-0.25, -0.2) is 13.8 Å². The molecule has 0 spiro atoms. The van der Waals surface area contributed by atoms with E-state index < -0.39 is 5.97 Å². The molecule has 0 unspecified atom stereocenters. The Balaban J connectivity index is 2.93. The molecule has 0 amide bonds. The number of aryl methyl sites for hydroxylation is 1. The zero-order valence-electron chi connectivity index (χ0n) is 7.28. The lowest BCUT2D eigenvalue weighted by Gasteiger charge is -2.01. The molecule has 6 heteroatoms.